The number of carbonyl (C=O) groups is 1. The van der Waals surface area contributed by atoms with E-state index in [2.05, 4.69) is 16.2 Å². The largest absolute Gasteiger partial charge is 0.468 e. The van der Waals surface area contributed by atoms with Crippen molar-refractivity contribution in [1.29, 1.82) is 0 Å². The lowest BCUT2D eigenvalue weighted by Crippen LogP contribution is -2.34. The minimum atomic E-state index is -0.588. The monoisotopic (exact) mass is 240 g/mol. The molecule has 1 atom stereocenters. The molecule has 1 heterocycles. The molecule has 1 rings (SSSR count). The lowest BCUT2D eigenvalue weighted by molar-refractivity contribution is -0.671. The summed E-state index contributed by atoms with van der Waals surface area (Å²) in [6.45, 7) is 3.12. The van der Waals surface area contributed by atoms with Crippen LogP contribution in [0.1, 0.15) is 25.5 Å². The Bertz CT molecular complexity index is 374. The Kier molecular flexibility index (Phi) is 5.15. The van der Waals surface area contributed by atoms with Crippen molar-refractivity contribution in [2.45, 2.75) is 38.8 Å². The van der Waals surface area contributed by atoms with E-state index in [0.717, 1.165) is 25.1 Å². The second-order valence-electron chi connectivity index (χ2n) is 4.28. The van der Waals surface area contributed by atoms with Crippen LogP contribution in [-0.2, 0) is 29.5 Å². The van der Waals surface area contributed by atoms with Crippen molar-refractivity contribution in [3.63, 3.8) is 0 Å². The summed E-state index contributed by atoms with van der Waals surface area (Å²) < 4.78 is 8.76. The number of hydrogen-bond acceptors (Lipinski definition) is 3. The fourth-order valence-corrected chi connectivity index (χ4v) is 1.80. The fraction of sp³-hybridized carbons (Fsp3) is 0.667. The number of carbonyl (C=O) groups excluding carboxylic acids is 1. The number of unbranched alkanes of at least 4 members (excludes halogenated alkanes) is 1. The molecular formula is C12H22N3O2+. The third-order valence-electron chi connectivity index (χ3n) is 2.73. The Balaban J connectivity index is 2.72. The van der Waals surface area contributed by atoms with Crippen LogP contribution in [0.3, 0.4) is 0 Å². The first kappa shape index (κ1) is 13.7. The van der Waals surface area contributed by atoms with Crippen LogP contribution in [0.2, 0.25) is 0 Å². The zero-order valence-corrected chi connectivity index (χ0v) is 10.8. The van der Waals surface area contributed by atoms with E-state index in [4.69, 9.17) is 5.73 Å². The number of rotatable bonds is 6. The van der Waals surface area contributed by atoms with Crippen LogP contribution in [-0.4, -0.2) is 23.7 Å². The van der Waals surface area contributed by atoms with E-state index in [9.17, 15) is 4.79 Å². The summed E-state index contributed by atoms with van der Waals surface area (Å²) in [6.07, 6.45) is 6.80. The molecule has 96 valence electrons. The van der Waals surface area contributed by atoms with Crippen LogP contribution in [0.25, 0.3) is 0 Å². The molecule has 0 fully saturated rings. The van der Waals surface area contributed by atoms with E-state index in [0.29, 0.717) is 6.42 Å². The molecule has 0 spiro atoms. The summed E-state index contributed by atoms with van der Waals surface area (Å²) in [7, 11) is 3.33. The Morgan fingerprint density at radius 3 is 2.94 bits per heavy atom. The second-order valence-corrected chi connectivity index (χ2v) is 4.28. The van der Waals surface area contributed by atoms with Crippen molar-refractivity contribution < 1.29 is 14.1 Å². The van der Waals surface area contributed by atoms with Crippen molar-refractivity contribution in [3.05, 3.63) is 18.2 Å². The zero-order chi connectivity index (χ0) is 12.8. The van der Waals surface area contributed by atoms with Gasteiger partial charge in [0.1, 0.15) is 17.9 Å². The molecule has 1 aromatic rings. The van der Waals surface area contributed by atoms with Gasteiger partial charge in [-0.3, -0.25) is 4.79 Å². The van der Waals surface area contributed by atoms with Crippen LogP contribution < -0.4 is 10.3 Å². The first-order valence-electron chi connectivity index (χ1n) is 5.96. The van der Waals surface area contributed by atoms with Crippen molar-refractivity contribution >= 4 is 5.97 Å². The molecule has 0 aliphatic heterocycles. The standard InChI is InChI=1S/C12H22N3O2/c1-4-5-6-15-9-14(2)8-10(15)7-11(13)12(16)17-3/h8-9,11H,4-7,13H2,1-3H3/q+1/t11-/m0/s1. The Hall–Kier alpha value is -1.36. The van der Waals surface area contributed by atoms with Crippen LogP contribution in [0, 0.1) is 0 Å². The summed E-state index contributed by atoms with van der Waals surface area (Å²) in [4.78, 5) is 11.3. The number of esters is 1. The number of nitrogens with zero attached hydrogens (tertiary/aromatic N) is 2. The molecule has 0 bridgehead atoms. The van der Waals surface area contributed by atoms with E-state index in [1.54, 1.807) is 0 Å². The molecule has 2 N–H and O–H groups in total. The average Bonchev–Trinajstić information content (AvgIpc) is 2.65. The number of methoxy groups -OCH3 is 1. The van der Waals surface area contributed by atoms with Gasteiger partial charge in [-0.25, -0.2) is 9.13 Å². The van der Waals surface area contributed by atoms with E-state index in [1.165, 1.54) is 7.11 Å². The third kappa shape index (κ3) is 3.85. The topological polar surface area (TPSA) is 61.1 Å². The molecular weight excluding hydrogens is 218 g/mol. The highest BCUT2D eigenvalue weighted by molar-refractivity contribution is 5.75. The lowest BCUT2D eigenvalue weighted by Gasteiger charge is -2.07. The highest BCUT2D eigenvalue weighted by Gasteiger charge is 2.20. The lowest BCUT2D eigenvalue weighted by atomic mass is 10.2. The van der Waals surface area contributed by atoms with E-state index in [-0.39, 0.29) is 5.97 Å². The SMILES string of the molecule is CCCCn1c[n+](C)cc1C[C@H](N)C(=O)OC. The van der Waals surface area contributed by atoms with Gasteiger partial charge in [-0.1, -0.05) is 13.3 Å². The highest BCUT2D eigenvalue weighted by Crippen LogP contribution is 2.04. The van der Waals surface area contributed by atoms with Gasteiger partial charge in [-0.15, -0.1) is 0 Å². The zero-order valence-electron chi connectivity index (χ0n) is 10.8. The summed E-state index contributed by atoms with van der Waals surface area (Å²) in [5, 5.41) is 0. The minimum Gasteiger partial charge on any atom is -0.468 e. The molecule has 0 aliphatic carbocycles. The molecule has 5 nitrogen and oxygen atoms in total. The molecule has 17 heavy (non-hydrogen) atoms. The summed E-state index contributed by atoms with van der Waals surface area (Å²) >= 11 is 0. The maximum absolute atomic E-state index is 11.3. The van der Waals surface area contributed by atoms with E-state index >= 15 is 0 Å². The van der Waals surface area contributed by atoms with Gasteiger partial charge in [0.25, 0.3) is 0 Å². The highest BCUT2D eigenvalue weighted by atomic mass is 16.5. The van der Waals surface area contributed by atoms with Crippen LogP contribution in [0.5, 0.6) is 0 Å². The van der Waals surface area contributed by atoms with Gasteiger partial charge in [0.05, 0.1) is 20.7 Å². The normalized spacial score (nSPS) is 12.5. The molecule has 0 aromatic carbocycles. The predicted molar refractivity (Wildman–Crippen MR) is 64.2 cm³/mol. The fourth-order valence-electron chi connectivity index (χ4n) is 1.80. The van der Waals surface area contributed by atoms with Gasteiger partial charge in [0.2, 0.25) is 6.33 Å². The number of aromatic nitrogens is 2. The third-order valence-corrected chi connectivity index (χ3v) is 2.73. The van der Waals surface area contributed by atoms with E-state index < -0.39 is 6.04 Å². The van der Waals surface area contributed by atoms with Crippen molar-refractivity contribution in [2.75, 3.05) is 7.11 Å². The maximum Gasteiger partial charge on any atom is 0.323 e. The van der Waals surface area contributed by atoms with Crippen molar-refractivity contribution in [2.24, 2.45) is 12.8 Å². The van der Waals surface area contributed by atoms with Gasteiger partial charge >= 0.3 is 5.97 Å². The van der Waals surface area contributed by atoms with Gasteiger partial charge in [-0.2, -0.15) is 0 Å². The Morgan fingerprint density at radius 2 is 2.35 bits per heavy atom. The molecule has 0 aliphatic rings. The summed E-state index contributed by atoms with van der Waals surface area (Å²) in [5.74, 6) is -0.365. The Morgan fingerprint density at radius 1 is 1.65 bits per heavy atom. The van der Waals surface area contributed by atoms with Crippen LogP contribution in [0.4, 0.5) is 0 Å². The molecule has 0 saturated carbocycles. The molecule has 0 saturated heterocycles. The number of ether oxygens (including phenoxy) is 1. The van der Waals surface area contributed by atoms with Gasteiger partial charge in [0, 0.05) is 6.42 Å². The van der Waals surface area contributed by atoms with E-state index in [1.807, 2.05) is 24.1 Å². The summed E-state index contributed by atoms with van der Waals surface area (Å²) in [5.41, 5.74) is 6.84. The molecule has 1 aromatic heterocycles. The number of aryl methyl sites for hydroxylation is 2. The van der Waals surface area contributed by atoms with Crippen molar-refractivity contribution in [3.8, 4) is 0 Å². The first-order valence-corrected chi connectivity index (χ1v) is 5.96. The van der Waals surface area contributed by atoms with Crippen LogP contribution >= 0.6 is 0 Å². The average molecular weight is 240 g/mol. The van der Waals surface area contributed by atoms with Gasteiger partial charge < -0.3 is 10.5 Å². The number of hydrogen-bond donors (Lipinski definition) is 1. The first-order chi connectivity index (χ1) is 8.08. The van der Waals surface area contributed by atoms with Gasteiger partial charge in [0.15, 0.2) is 0 Å². The molecule has 0 radical (unpaired) electrons. The Labute approximate surface area is 102 Å². The second kappa shape index (κ2) is 6.39. The quantitative estimate of drug-likeness (QED) is 0.569. The number of imidazole rings is 1. The van der Waals surface area contributed by atoms with Crippen molar-refractivity contribution in [1.82, 2.24) is 4.57 Å². The van der Waals surface area contributed by atoms with Crippen LogP contribution in [0.15, 0.2) is 12.5 Å². The molecule has 0 unspecified atom stereocenters. The molecule has 5 heteroatoms. The van der Waals surface area contributed by atoms with Gasteiger partial charge in [-0.05, 0) is 6.42 Å². The molecule has 0 amide bonds. The number of nitrogens with two attached hydrogens (primary N) is 1. The maximum atomic E-state index is 11.3. The minimum absolute atomic E-state index is 0.365. The smallest absolute Gasteiger partial charge is 0.323 e. The summed E-state index contributed by atoms with van der Waals surface area (Å²) in [6, 6.07) is -0.588. The predicted octanol–water partition coefficient (Wildman–Crippen LogP) is 0.156.